The minimum Gasteiger partial charge on any atom is -0.378 e. The number of ether oxygens (including phenoxy) is 1. The van der Waals surface area contributed by atoms with Crippen molar-refractivity contribution in [2.45, 2.75) is 65.4 Å². The third-order valence-electron chi connectivity index (χ3n) is 5.24. The van der Waals surface area contributed by atoms with Crippen molar-refractivity contribution in [1.82, 2.24) is 4.90 Å². The maximum Gasteiger partial charge on any atom is 0.0608 e. The van der Waals surface area contributed by atoms with Gasteiger partial charge in [-0.25, -0.2) is 0 Å². The molecule has 0 N–H and O–H groups in total. The molecule has 0 unspecified atom stereocenters. The van der Waals surface area contributed by atoms with Gasteiger partial charge in [0.05, 0.1) is 6.10 Å². The van der Waals surface area contributed by atoms with Gasteiger partial charge in [0.1, 0.15) is 0 Å². The molecule has 2 nitrogen and oxygen atoms in total. The van der Waals surface area contributed by atoms with Gasteiger partial charge in [-0.05, 0) is 56.4 Å². The fourth-order valence-corrected chi connectivity index (χ4v) is 4.82. The Hall–Kier alpha value is 0.270. The third kappa shape index (κ3) is 6.11. The van der Waals surface area contributed by atoms with Crippen LogP contribution in [0.4, 0.5) is 0 Å². The molecule has 0 aromatic heterocycles. The molecular formula is C18H35NOS. The molecule has 0 spiro atoms. The van der Waals surface area contributed by atoms with Crippen LogP contribution in [0.3, 0.4) is 0 Å². The van der Waals surface area contributed by atoms with Gasteiger partial charge >= 0.3 is 0 Å². The summed E-state index contributed by atoms with van der Waals surface area (Å²) in [6, 6.07) is 0. The molecule has 2 rings (SSSR count). The van der Waals surface area contributed by atoms with E-state index in [9.17, 15) is 0 Å². The molecular weight excluding hydrogens is 278 g/mol. The van der Waals surface area contributed by atoms with Crippen LogP contribution in [-0.2, 0) is 4.74 Å². The van der Waals surface area contributed by atoms with Crippen molar-refractivity contribution in [2.75, 3.05) is 31.3 Å². The van der Waals surface area contributed by atoms with Gasteiger partial charge in [0.2, 0.25) is 0 Å². The predicted octanol–water partition coefficient (Wildman–Crippen LogP) is 4.64. The standard InChI is InChI=1S/C18H35NOS/c1-15(2)17-8-7-16(3)13-18(17)20-11-6-4-5-9-19-10-12-21-14-19/h15-18H,4-14H2,1-3H3/t16-,17+,18-/m0/s1. The zero-order valence-corrected chi connectivity index (χ0v) is 15.2. The number of nitrogens with zero attached hydrogens (tertiary/aromatic N) is 1. The van der Waals surface area contributed by atoms with Crippen molar-refractivity contribution >= 4 is 11.8 Å². The van der Waals surface area contributed by atoms with E-state index in [-0.39, 0.29) is 0 Å². The first-order valence-electron chi connectivity index (χ1n) is 9.08. The van der Waals surface area contributed by atoms with E-state index in [4.69, 9.17) is 4.74 Å². The van der Waals surface area contributed by atoms with Crippen LogP contribution in [0.2, 0.25) is 0 Å². The van der Waals surface area contributed by atoms with E-state index in [0.29, 0.717) is 6.10 Å². The number of hydrogen-bond donors (Lipinski definition) is 0. The van der Waals surface area contributed by atoms with Gasteiger partial charge in [-0.3, -0.25) is 4.90 Å². The Labute approximate surface area is 136 Å². The van der Waals surface area contributed by atoms with Gasteiger partial charge in [0, 0.05) is 24.8 Å². The Morgan fingerprint density at radius 2 is 2.05 bits per heavy atom. The van der Waals surface area contributed by atoms with E-state index in [2.05, 4.69) is 37.4 Å². The highest BCUT2D eigenvalue weighted by Gasteiger charge is 2.31. The second-order valence-electron chi connectivity index (χ2n) is 7.45. The molecule has 1 heterocycles. The lowest BCUT2D eigenvalue weighted by molar-refractivity contribution is -0.0394. The molecule has 3 heteroatoms. The summed E-state index contributed by atoms with van der Waals surface area (Å²) in [4.78, 5) is 2.59. The Bertz CT molecular complexity index is 278. The molecule has 0 amide bonds. The number of unbranched alkanes of at least 4 members (excludes halogenated alkanes) is 2. The van der Waals surface area contributed by atoms with E-state index < -0.39 is 0 Å². The van der Waals surface area contributed by atoms with Crippen molar-refractivity contribution in [1.29, 1.82) is 0 Å². The highest BCUT2D eigenvalue weighted by atomic mass is 32.2. The number of thioether (sulfide) groups is 1. The van der Waals surface area contributed by atoms with Crippen LogP contribution < -0.4 is 0 Å². The summed E-state index contributed by atoms with van der Waals surface area (Å²) in [5.74, 6) is 5.02. The molecule has 2 fully saturated rings. The zero-order valence-electron chi connectivity index (χ0n) is 14.4. The summed E-state index contributed by atoms with van der Waals surface area (Å²) >= 11 is 2.07. The van der Waals surface area contributed by atoms with E-state index in [1.807, 2.05) is 0 Å². The highest BCUT2D eigenvalue weighted by molar-refractivity contribution is 7.99. The van der Waals surface area contributed by atoms with E-state index >= 15 is 0 Å². The molecule has 0 aromatic carbocycles. The lowest BCUT2D eigenvalue weighted by Crippen LogP contribution is -2.34. The minimum absolute atomic E-state index is 0.531. The first-order valence-corrected chi connectivity index (χ1v) is 10.2. The van der Waals surface area contributed by atoms with Gasteiger partial charge < -0.3 is 4.74 Å². The van der Waals surface area contributed by atoms with Crippen molar-refractivity contribution in [3.63, 3.8) is 0 Å². The number of rotatable bonds is 8. The van der Waals surface area contributed by atoms with E-state index in [0.717, 1.165) is 24.4 Å². The first-order chi connectivity index (χ1) is 10.2. The van der Waals surface area contributed by atoms with Gasteiger partial charge in [-0.15, -0.1) is 11.8 Å². The molecule has 1 aliphatic carbocycles. The summed E-state index contributed by atoms with van der Waals surface area (Å²) in [6.45, 7) is 10.7. The SMILES string of the molecule is CC(C)[C@H]1CC[C@H](C)C[C@@H]1OCCCCCN1CCSC1. The second kappa shape index (κ2) is 9.42. The van der Waals surface area contributed by atoms with Crippen LogP contribution in [0.25, 0.3) is 0 Å². The predicted molar refractivity (Wildman–Crippen MR) is 93.8 cm³/mol. The molecule has 1 aliphatic heterocycles. The monoisotopic (exact) mass is 313 g/mol. The lowest BCUT2D eigenvalue weighted by Gasteiger charge is -2.37. The van der Waals surface area contributed by atoms with Crippen molar-refractivity contribution in [3.8, 4) is 0 Å². The van der Waals surface area contributed by atoms with Gasteiger partial charge in [-0.2, -0.15) is 0 Å². The quantitative estimate of drug-likeness (QED) is 0.606. The average molecular weight is 314 g/mol. The van der Waals surface area contributed by atoms with Gasteiger partial charge in [0.25, 0.3) is 0 Å². The Morgan fingerprint density at radius 3 is 2.76 bits per heavy atom. The summed E-state index contributed by atoms with van der Waals surface area (Å²) in [7, 11) is 0. The second-order valence-corrected chi connectivity index (χ2v) is 8.53. The molecule has 1 saturated carbocycles. The van der Waals surface area contributed by atoms with Crippen LogP contribution in [0.1, 0.15) is 59.3 Å². The van der Waals surface area contributed by atoms with E-state index in [1.165, 1.54) is 63.2 Å². The summed E-state index contributed by atoms with van der Waals surface area (Å²) < 4.78 is 6.28. The van der Waals surface area contributed by atoms with Crippen molar-refractivity contribution in [2.24, 2.45) is 17.8 Å². The van der Waals surface area contributed by atoms with Crippen LogP contribution in [0, 0.1) is 17.8 Å². The average Bonchev–Trinajstić information content (AvgIpc) is 2.95. The molecule has 1 saturated heterocycles. The minimum atomic E-state index is 0.531. The Balaban J connectivity index is 1.55. The van der Waals surface area contributed by atoms with Gasteiger partial charge in [-0.1, -0.05) is 27.2 Å². The van der Waals surface area contributed by atoms with Crippen LogP contribution in [-0.4, -0.2) is 42.3 Å². The summed E-state index contributed by atoms with van der Waals surface area (Å²) in [5.41, 5.74) is 0. The van der Waals surface area contributed by atoms with E-state index in [1.54, 1.807) is 0 Å². The molecule has 124 valence electrons. The Kier molecular flexibility index (Phi) is 7.90. The molecule has 0 bridgehead atoms. The molecule has 2 aliphatic rings. The maximum atomic E-state index is 6.28. The molecule has 3 atom stereocenters. The summed E-state index contributed by atoms with van der Waals surface area (Å²) in [5, 5.41) is 0. The third-order valence-corrected chi connectivity index (χ3v) is 6.26. The number of hydrogen-bond acceptors (Lipinski definition) is 3. The maximum absolute atomic E-state index is 6.28. The van der Waals surface area contributed by atoms with Crippen LogP contribution >= 0.6 is 11.8 Å². The Morgan fingerprint density at radius 1 is 1.19 bits per heavy atom. The smallest absolute Gasteiger partial charge is 0.0608 e. The molecule has 21 heavy (non-hydrogen) atoms. The largest absolute Gasteiger partial charge is 0.378 e. The molecule has 0 radical (unpaired) electrons. The topological polar surface area (TPSA) is 12.5 Å². The zero-order chi connectivity index (χ0) is 15.1. The molecule has 0 aromatic rings. The van der Waals surface area contributed by atoms with Crippen LogP contribution in [0.15, 0.2) is 0 Å². The fraction of sp³-hybridized carbons (Fsp3) is 1.00. The normalized spacial score (nSPS) is 31.1. The van der Waals surface area contributed by atoms with Crippen molar-refractivity contribution in [3.05, 3.63) is 0 Å². The van der Waals surface area contributed by atoms with Crippen molar-refractivity contribution < 1.29 is 4.74 Å². The van der Waals surface area contributed by atoms with Gasteiger partial charge in [0.15, 0.2) is 0 Å². The fourth-order valence-electron chi connectivity index (χ4n) is 3.78. The van der Waals surface area contributed by atoms with Crippen LogP contribution in [0.5, 0.6) is 0 Å². The lowest BCUT2D eigenvalue weighted by atomic mass is 9.75. The summed E-state index contributed by atoms with van der Waals surface area (Å²) in [6.07, 6.45) is 8.51. The first kappa shape index (κ1) is 17.6. The highest BCUT2D eigenvalue weighted by Crippen LogP contribution is 2.35.